The molecular formula is C16H23BrIN5O2. The van der Waals surface area contributed by atoms with E-state index in [1.807, 2.05) is 29.9 Å². The second-order valence-electron chi connectivity index (χ2n) is 5.02. The number of benzene rings is 1. The van der Waals surface area contributed by atoms with Crippen molar-refractivity contribution in [3.8, 4) is 11.5 Å². The fraction of sp³-hybridized carbons (Fsp3) is 0.375. The van der Waals surface area contributed by atoms with Crippen molar-refractivity contribution in [1.29, 1.82) is 0 Å². The summed E-state index contributed by atoms with van der Waals surface area (Å²) in [6.07, 6.45) is 1.77. The molecule has 9 heteroatoms. The number of aromatic nitrogens is 2. The number of hydrogen-bond donors (Lipinski definition) is 2. The van der Waals surface area contributed by atoms with E-state index in [0.717, 1.165) is 15.7 Å². The van der Waals surface area contributed by atoms with Crippen molar-refractivity contribution in [2.24, 2.45) is 12.0 Å². The largest absolute Gasteiger partial charge is 0.493 e. The van der Waals surface area contributed by atoms with Crippen LogP contribution in [0.1, 0.15) is 11.3 Å². The van der Waals surface area contributed by atoms with Crippen LogP contribution in [0.15, 0.2) is 33.9 Å². The van der Waals surface area contributed by atoms with Gasteiger partial charge in [0.15, 0.2) is 17.5 Å². The third-order valence-electron chi connectivity index (χ3n) is 3.58. The molecule has 0 saturated heterocycles. The Morgan fingerprint density at radius 2 is 1.84 bits per heavy atom. The van der Waals surface area contributed by atoms with E-state index in [0.29, 0.717) is 30.5 Å². The van der Waals surface area contributed by atoms with Crippen LogP contribution in [0.4, 0.5) is 0 Å². The molecule has 1 heterocycles. The van der Waals surface area contributed by atoms with Crippen LogP contribution in [0.25, 0.3) is 0 Å². The molecule has 7 nitrogen and oxygen atoms in total. The van der Waals surface area contributed by atoms with Crippen LogP contribution in [-0.2, 0) is 20.1 Å². The Morgan fingerprint density at radius 3 is 2.40 bits per heavy atom. The van der Waals surface area contributed by atoms with Crippen molar-refractivity contribution in [2.45, 2.75) is 13.1 Å². The molecule has 0 amide bonds. The second-order valence-corrected chi connectivity index (χ2v) is 5.88. The molecule has 0 spiro atoms. The lowest BCUT2D eigenvalue weighted by Gasteiger charge is -2.15. The Labute approximate surface area is 173 Å². The van der Waals surface area contributed by atoms with E-state index in [2.05, 4.69) is 36.7 Å². The average Bonchev–Trinajstić information content (AvgIpc) is 3.00. The summed E-state index contributed by atoms with van der Waals surface area (Å²) in [6, 6.07) is 5.79. The summed E-state index contributed by atoms with van der Waals surface area (Å²) in [6.45, 7) is 1.23. The maximum absolute atomic E-state index is 5.35. The number of rotatable bonds is 6. The number of methoxy groups -OCH3 is 2. The third-order valence-corrected chi connectivity index (χ3v) is 4.32. The van der Waals surface area contributed by atoms with E-state index in [4.69, 9.17) is 9.47 Å². The molecule has 1 aromatic heterocycles. The summed E-state index contributed by atoms with van der Waals surface area (Å²) in [7, 11) is 6.89. The zero-order chi connectivity index (χ0) is 17.5. The smallest absolute Gasteiger partial charge is 0.191 e. The highest BCUT2D eigenvalue weighted by molar-refractivity contribution is 14.0. The summed E-state index contributed by atoms with van der Waals surface area (Å²) in [4.78, 5) is 4.23. The number of hydrogen-bond acceptors (Lipinski definition) is 4. The Hall–Kier alpha value is -1.49. The number of nitrogens with zero attached hydrogens (tertiary/aromatic N) is 3. The van der Waals surface area contributed by atoms with Gasteiger partial charge in [-0.1, -0.05) is 15.9 Å². The number of aliphatic imine (C=N–C) groups is 1. The van der Waals surface area contributed by atoms with Crippen LogP contribution in [0.3, 0.4) is 0 Å². The molecule has 2 rings (SSSR count). The van der Waals surface area contributed by atoms with E-state index in [9.17, 15) is 0 Å². The first kappa shape index (κ1) is 21.6. The molecule has 2 aromatic rings. The zero-order valence-corrected chi connectivity index (χ0v) is 18.6. The summed E-state index contributed by atoms with van der Waals surface area (Å²) in [5, 5.41) is 10.7. The predicted octanol–water partition coefficient (Wildman–Crippen LogP) is 2.68. The van der Waals surface area contributed by atoms with E-state index >= 15 is 0 Å². The molecule has 0 unspecified atom stereocenters. The van der Waals surface area contributed by atoms with Gasteiger partial charge >= 0.3 is 0 Å². The number of nitrogens with one attached hydrogen (secondary N) is 2. The van der Waals surface area contributed by atoms with E-state index in [-0.39, 0.29) is 24.0 Å². The Bertz CT molecular complexity index is 721. The minimum Gasteiger partial charge on any atom is -0.493 e. The maximum Gasteiger partial charge on any atom is 0.191 e. The Morgan fingerprint density at radius 1 is 1.20 bits per heavy atom. The van der Waals surface area contributed by atoms with E-state index in [1.165, 1.54) is 0 Å². The summed E-state index contributed by atoms with van der Waals surface area (Å²) < 4.78 is 13.4. The second kappa shape index (κ2) is 10.5. The van der Waals surface area contributed by atoms with Gasteiger partial charge in [0, 0.05) is 31.3 Å². The first-order valence-corrected chi connectivity index (χ1v) is 8.20. The third kappa shape index (κ3) is 5.77. The Kier molecular flexibility index (Phi) is 9.04. The molecule has 2 N–H and O–H groups in total. The van der Waals surface area contributed by atoms with Gasteiger partial charge < -0.3 is 20.1 Å². The van der Waals surface area contributed by atoms with Crippen LogP contribution in [0.2, 0.25) is 0 Å². The van der Waals surface area contributed by atoms with Gasteiger partial charge in [-0.2, -0.15) is 5.10 Å². The van der Waals surface area contributed by atoms with Crippen LogP contribution in [-0.4, -0.2) is 37.0 Å². The normalized spacial score (nSPS) is 10.8. The number of guanidine groups is 1. The number of halogens is 2. The molecule has 0 radical (unpaired) electrons. The maximum atomic E-state index is 5.35. The van der Waals surface area contributed by atoms with Gasteiger partial charge in [0.25, 0.3) is 0 Å². The van der Waals surface area contributed by atoms with Crippen LogP contribution >= 0.6 is 39.9 Å². The van der Waals surface area contributed by atoms with Crippen LogP contribution < -0.4 is 20.1 Å². The molecule has 0 aliphatic heterocycles. The van der Waals surface area contributed by atoms with Gasteiger partial charge in [0.05, 0.1) is 26.5 Å². The number of ether oxygens (including phenoxy) is 2. The topological polar surface area (TPSA) is 72.7 Å². The van der Waals surface area contributed by atoms with Gasteiger partial charge in [-0.05, 0) is 23.8 Å². The lowest BCUT2D eigenvalue weighted by atomic mass is 10.2. The van der Waals surface area contributed by atoms with Crippen molar-refractivity contribution in [1.82, 2.24) is 20.4 Å². The van der Waals surface area contributed by atoms with Gasteiger partial charge in [-0.15, -0.1) is 24.0 Å². The first-order chi connectivity index (χ1) is 11.6. The standard InChI is InChI=1S/C16H22BrN5O2.HI/c1-18-16(20-10-12-5-6-21-22(12)2)19-9-11-7-14(23-3)15(24-4)8-13(11)17;/h5-8H,9-10H2,1-4H3,(H2,18,19,20);1H. The highest BCUT2D eigenvalue weighted by atomic mass is 127. The molecular weight excluding hydrogens is 501 g/mol. The quantitative estimate of drug-likeness (QED) is 0.346. The minimum atomic E-state index is 0. The lowest BCUT2D eigenvalue weighted by Crippen LogP contribution is -2.36. The van der Waals surface area contributed by atoms with E-state index < -0.39 is 0 Å². The van der Waals surface area contributed by atoms with Crippen molar-refractivity contribution in [3.63, 3.8) is 0 Å². The summed E-state index contributed by atoms with van der Waals surface area (Å²) in [5.41, 5.74) is 2.11. The molecule has 0 bridgehead atoms. The monoisotopic (exact) mass is 523 g/mol. The Balaban J connectivity index is 0.00000312. The fourth-order valence-corrected chi connectivity index (χ4v) is 2.64. The summed E-state index contributed by atoms with van der Waals surface area (Å²) in [5.74, 6) is 2.08. The highest BCUT2D eigenvalue weighted by Gasteiger charge is 2.10. The van der Waals surface area contributed by atoms with Gasteiger partial charge in [0.1, 0.15) is 0 Å². The SMILES string of the molecule is CN=C(NCc1cc(OC)c(OC)cc1Br)NCc1ccnn1C.I. The van der Waals surface area contributed by atoms with Gasteiger partial charge in [0.2, 0.25) is 0 Å². The van der Waals surface area contributed by atoms with Crippen molar-refractivity contribution in [2.75, 3.05) is 21.3 Å². The first-order valence-electron chi connectivity index (χ1n) is 7.40. The van der Waals surface area contributed by atoms with Crippen molar-refractivity contribution in [3.05, 3.63) is 40.1 Å². The van der Waals surface area contributed by atoms with Gasteiger partial charge in [-0.3, -0.25) is 9.67 Å². The minimum absolute atomic E-state index is 0. The highest BCUT2D eigenvalue weighted by Crippen LogP contribution is 2.33. The average molecular weight is 524 g/mol. The molecule has 25 heavy (non-hydrogen) atoms. The lowest BCUT2D eigenvalue weighted by molar-refractivity contribution is 0.354. The molecule has 0 aliphatic rings. The molecule has 138 valence electrons. The molecule has 0 saturated carbocycles. The molecule has 1 aromatic carbocycles. The van der Waals surface area contributed by atoms with Crippen LogP contribution in [0.5, 0.6) is 11.5 Å². The predicted molar refractivity (Wildman–Crippen MR) is 113 cm³/mol. The summed E-state index contributed by atoms with van der Waals surface area (Å²) >= 11 is 3.56. The van der Waals surface area contributed by atoms with Crippen LogP contribution in [0, 0.1) is 0 Å². The van der Waals surface area contributed by atoms with Crippen molar-refractivity contribution >= 4 is 45.9 Å². The fourth-order valence-electron chi connectivity index (χ4n) is 2.18. The number of aryl methyl sites for hydroxylation is 1. The van der Waals surface area contributed by atoms with Gasteiger partial charge in [-0.25, -0.2) is 0 Å². The molecule has 0 atom stereocenters. The zero-order valence-electron chi connectivity index (χ0n) is 14.7. The van der Waals surface area contributed by atoms with Crippen molar-refractivity contribution < 1.29 is 9.47 Å². The molecule has 0 aliphatic carbocycles. The molecule has 0 fully saturated rings. The van der Waals surface area contributed by atoms with E-state index in [1.54, 1.807) is 27.5 Å².